The Morgan fingerprint density at radius 1 is 0.950 bits per heavy atom. The summed E-state index contributed by atoms with van der Waals surface area (Å²) in [6.07, 6.45) is 7.40. The normalized spacial score (nSPS) is 38.5. The fourth-order valence-electron chi connectivity index (χ4n) is 5.24. The third kappa shape index (κ3) is 1.72. The van der Waals surface area contributed by atoms with Crippen molar-refractivity contribution >= 4 is 26.7 Å². The van der Waals surface area contributed by atoms with Crippen LogP contribution in [0, 0.1) is 23.7 Å². The van der Waals surface area contributed by atoms with Gasteiger partial charge in [0.15, 0.2) is 5.13 Å². The Kier molecular flexibility index (Phi) is 2.43. The van der Waals surface area contributed by atoms with Crippen LogP contribution in [0.2, 0.25) is 0 Å². The lowest BCUT2D eigenvalue weighted by Crippen LogP contribution is -2.51. The predicted octanol–water partition coefficient (Wildman–Crippen LogP) is 4.53. The number of benzene rings is 1. The van der Waals surface area contributed by atoms with Crippen molar-refractivity contribution in [1.29, 1.82) is 0 Å². The van der Waals surface area contributed by atoms with Crippen LogP contribution >= 0.6 is 11.3 Å². The molecule has 0 atom stereocenters. The van der Waals surface area contributed by atoms with Crippen LogP contribution in [0.4, 0.5) is 5.13 Å². The maximum atomic E-state index is 4.77. The molecule has 4 aliphatic rings. The number of nitrogens with zero attached hydrogens (tertiary/aromatic N) is 1. The largest absolute Gasteiger partial charge is 0.358 e. The maximum Gasteiger partial charge on any atom is 0.184 e. The smallest absolute Gasteiger partial charge is 0.184 e. The molecule has 1 aromatic carbocycles. The molecular formula is C17H20N2S. The van der Waals surface area contributed by atoms with Gasteiger partial charge in [0.2, 0.25) is 0 Å². The number of hydrogen-bond donors (Lipinski definition) is 1. The summed E-state index contributed by atoms with van der Waals surface area (Å²) < 4.78 is 1.30. The third-order valence-electron chi connectivity index (χ3n) is 5.81. The van der Waals surface area contributed by atoms with Crippen molar-refractivity contribution in [2.45, 2.75) is 38.1 Å². The van der Waals surface area contributed by atoms with Gasteiger partial charge in [0.1, 0.15) is 0 Å². The topological polar surface area (TPSA) is 24.9 Å². The van der Waals surface area contributed by atoms with E-state index < -0.39 is 0 Å². The van der Waals surface area contributed by atoms with E-state index in [9.17, 15) is 0 Å². The van der Waals surface area contributed by atoms with Gasteiger partial charge in [0.05, 0.1) is 10.2 Å². The van der Waals surface area contributed by atoms with E-state index in [1.807, 2.05) is 11.3 Å². The number of para-hydroxylation sites is 1. The molecule has 1 aromatic heterocycles. The first-order chi connectivity index (χ1) is 9.85. The van der Waals surface area contributed by atoms with Crippen molar-refractivity contribution in [3.05, 3.63) is 24.3 Å². The summed E-state index contributed by atoms with van der Waals surface area (Å²) in [5.74, 6) is 3.92. The molecule has 0 aliphatic heterocycles. The van der Waals surface area contributed by atoms with Crippen molar-refractivity contribution in [2.75, 3.05) is 5.32 Å². The van der Waals surface area contributed by atoms with Crippen LogP contribution in [-0.4, -0.2) is 11.0 Å². The second-order valence-corrected chi connectivity index (χ2v) is 8.12. The highest BCUT2D eigenvalue weighted by molar-refractivity contribution is 7.22. The first kappa shape index (κ1) is 11.6. The Hall–Kier alpha value is -1.09. The lowest BCUT2D eigenvalue weighted by molar-refractivity contribution is 0.00754. The zero-order valence-corrected chi connectivity index (χ0v) is 12.4. The van der Waals surface area contributed by atoms with Gasteiger partial charge in [-0.15, -0.1) is 0 Å². The molecule has 0 spiro atoms. The number of rotatable bonds is 2. The molecule has 4 aliphatic carbocycles. The number of hydrogen-bond acceptors (Lipinski definition) is 3. The van der Waals surface area contributed by atoms with E-state index in [2.05, 4.69) is 29.6 Å². The molecule has 4 saturated carbocycles. The Morgan fingerprint density at radius 3 is 2.35 bits per heavy atom. The third-order valence-corrected chi connectivity index (χ3v) is 6.78. The van der Waals surface area contributed by atoms with E-state index >= 15 is 0 Å². The van der Waals surface area contributed by atoms with Crippen molar-refractivity contribution in [2.24, 2.45) is 23.7 Å². The van der Waals surface area contributed by atoms with Crippen LogP contribution < -0.4 is 5.32 Å². The highest BCUT2D eigenvalue weighted by atomic mass is 32.1. The average Bonchev–Trinajstić information content (AvgIpc) is 2.84. The first-order valence-electron chi connectivity index (χ1n) is 7.97. The van der Waals surface area contributed by atoms with E-state index in [1.54, 1.807) is 0 Å². The molecule has 4 bridgehead atoms. The number of fused-ring (bicyclic) bond motifs is 1. The summed E-state index contributed by atoms with van der Waals surface area (Å²) >= 11 is 1.82. The number of thiazole rings is 1. The van der Waals surface area contributed by atoms with Crippen LogP contribution in [0.15, 0.2) is 24.3 Å². The lowest BCUT2D eigenvalue weighted by atomic mass is 9.54. The van der Waals surface area contributed by atoms with Gasteiger partial charge in [-0.2, -0.15) is 0 Å². The quantitative estimate of drug-likeness (QED) is 0.876. The summed E-state index contributed by atoms with van der Waals surface area (Å²) in [6.45, 7) is 0. The monoisotopic (exact) mass is 284 g/mol. The molecule has 1 N–H and O–H groups in total. The lowest BCUT2D eigenvalue weighted by Gasteiger charge is -2.54. The molecule has 20 heavy (non-hydrogen) atoms. The highest BCUT2D eigenvalue weighted by Gasteiger charge is 2.48. The fraction of sp³-hybridized carbons (Fsp3) is 0.588. The van der Waals surface area contributed by atoms with Crippen molar-refractivity contribution in [3.8, 4) is 0 Å². The Bertz CT molecular complexity index is 586. The van der Waals surface area contributed by atoms with Gasteiger partial charge in [0.25, 0.3) is 0 Å². The Morgan fingerprint density at radius 2 is 1.65 bits per heavy atom. The van der Waals surface area contributed by atoms with E-state index in [1.165, 1.54) is 36.8 Å². The van der Waals surface area contributed by atoms with Crippen LogP contribution in [-0.2, 0) is 0 Å². The molecule has 0 unspecified atom stereocenters. The fourth-order valence-corrected chi connectivity index (χ4v) is 6.15. The Balaban J connectivity index is 1.43. The average molecular weight is 284 g/mol. The van der Waals surface area contributed by atoms with Crippen LogP contribution in [0.25, 0.3) is 10.2 Å². The van der Waals surface area contributed by atoms with E-state index in [-0.39, 0.29) is 0 Å². The van der Waals surface area contributed by atoms with Gasteiger partial charge in [-0.1, -0.05) is 23.5 Å². The second-order valence-electron chi connectivity index (χ2n) is 7.09. The zero-order chi connectivity index (χ0) is 13.1. The minimum atomic E-state index is 0.698. The summed E-state index contributed by atoms with van der Waals surface area (Å²) in [5.41, 5.74) is 1.14. The number of anilines is 1. The molecule has 2 nitrogen and oxygen atoms in total. The van der Waals surface area contributed by atoms with Crippen LogP contribution in [0.3, 0.4) is 0 Å². The standard InChI is InChI=1S/C17H20N2S/c1-2-4-15-14(3-1)18-17(20-15)19-16-12-6-10-5-11(8-12)9-13(16)7-10/h1-4,10-13,16H,5-9H2,(H,18,19). The van der Waals surface area contributed by atoms with Gasteiger partial charge in [-0.3, -0.25) is 0 Å². The van der Waals surface area contributed by atoms with Gasteiger partial charge in [-0.05, 0) is 67.9 Å². The summed E-state index contributed by atoms with van der Waals surface area (Å²) in [7, 11) is 0. The van der Waals surface area contributed by atoms with E-state index in [4.69, 9.17) is 4.98 Å². The van der Waals surface area contributed by atoms with Crippen molar-refractivity contribution in [1.82, 2.24) is 4.98 Å². The zero-order valence-electron chi connectivity index (χ0n) is 11.6. The SMILES string of the molecule is c1ccc2sc(NC3C4CC5CC(C4)CC3C5)nc2c1. The Labute approximate surface area is 123 Å². The molecule has 0 radical (unpaired) electrons. The van der Waals surface area contributed by atoms with E-state index in [0.717, 1.165) is 34.3 Å². The van der Waals surface area contributed by atoms with Gasteiger partial charge >= 0.3 is 0 Å². The molecular weight excluding hydrogens is 264 g/mol. The highest BCUT2D eigenvalue weighted by Crippen LogP contribution is 2.54. The first-order valence-corrected chi connectivity index (χ1v) is 8.79. The molecule has 1 heterocycles. The van der Waals surface area contributed by atoms with Crippen LogP contribution in [0.5, 0.6) is 0 Å². The van der Waals surface area contributed by atoms with Crippen molar-refractivity contribution < 1.29 is 0 Å². The summed E-state index contributed by atoms with van der Waals surface area (Å²) in [4.78, 5) is 4.77. The summed E-state index contributed by atoms with van der Waals surface area (Å²) in [6, 6.07) is 9.17. The maximum absolute atomic E-state index is 4.77. The molecule has 104 valence electrons. The van der Waals surface area contributed by atoms with Gasteiger partial charge in [-0.25, -0.2) is 4.98 Å². The van der Waals surface area contributed by atoms with Crippen molar-refractivity contribution in [3.63, 3.8) is 0 Å². The molecule has 4 fully saturated rings. The number of nitrogens with one attached hydrogen (secondary N) is 1. The molecule has 0 saturated heterocycles. The van der Waals surface area contributed by atoms with Gasteiger partial charge in [0, 0.05) is 6.04 Å². The van der Waals surface area contributed by atoms with Gasteiger partial charge < -0.3 is 5.32 Å². The second kappa shape index (κ2) is 4.20. The molecule has 3 heteroatoms. The molecule has 2 aromatic rings. The minimum absolute atomic E-state index is 0.698. The van der Waals surface area contributed by atoms with E-state index in [0.29, 0.717) is 6.04 Å². The summed E-state index contributed by atoms with van der Waals surface area (Å²) in [5, 5.41) is 4.96. The van der Waals surface area contributed by atoms with Crippen LogP contribution in [0.1, 0.15) is 32.1 Å². The number of aromatic nitrogens is 1. The minimum Gasteiger partial charge on any atom is -0.358 e. The predicted molar refractivity (Wildman–Crippen MR) is 84.1 cm³/mol. The molecule has 0 amide bonds. The molecule has 6 rings (SSSR count).